The van der Waals surface area contributed by atoms with Crippen LogP contribution in [0.2, 0.25) is 16.3 Å². The monoisotopic (exact) mass is 233 g/mol. The third-order valence-electron chi connectivity index (χ3n) is 3.12. The average Bonchev–Trinajstić information content (AvgIpc) is 1.86. The summed E-state index contributed by atoms with van der Waals surface area (Å²) in [6.45, 7) is 12.9. The normalized spacial score (nSPS) is 13.5. The molecule has 0 aromatic carbocycles. The Hall–Kier alpha value is 0.503. The second-order valence-electron chi connectivity index (χ2n) is 4.69. The van der Waals surface area contributed by atoms with Crippen LogP contribution in [0.1, 0.15) is 34.6 Å². The van der Waals surface area contributed by atoms with Crippen molar-refractivity contribution >= 4 is 13.5 Å². The molecule has 0 saturated heterocycles. The van der Waals surface area contributed by atoms with E-state index in [0.717, 1.165) is 10.8 Å². The van der Waals surface area contributed by atoms with E-state index < -0.39 is 13.5 Å². The molecule has 0 aliphatic heterocycles. The third-order valence-corrected chi connectivity index (χ3v) is 13.9. The van der Waals surface area contributed by atoms with Crippen LogP contribution >= 0.6 is 0 Å². The summed E-state index contributed by atoms with van der Waals surface area (Å²) in [5.74, 6) is 5.04. The molecule has 0 saturated carbocycles. The fraction of sp³-hybridized carbons (Fsp3) is 1.00. The van der Waals surface area contributed by atoms with Crippen LogP contribution in [0.4, 0.5) is 0 Å². The Morgan fingerprint density at radius 1 is 1.08 bits per heavy atom. The van der Waals surface area contributed by atoms with Crippen molar-refractivity contribution in [1.82, 2.24) is 3.86 Å². The topological polar surface area (TPSA) is 3.24 Å². The molecule has 0 rings (SSSR count). The van der Waals surface area contributed by atoms with Crippen molar-refractivity contribution in [2.75, 3.05) is 6.54 Å². The van der Waals surface area contributed by atoms with Crippen LogP contribution in [0, 0.1) is 0 Å². The van der Waals surface area contributed by atoms with E-state index in [0.29, 0.717) is 0 Å². The van der Waals surface area contributed by atoms with Crippen LogP contribution in [0.25, 0.3) is 0 Å². The first kappa shape index (κ1) is 12.5. The van der Waals surface area contributed by atoms with Gasteiger partial charge in [0.15, 0.2) is 0 Å². The minimum absolute atomic E-state index is 0.729. The minimum atomic E-state index is -1.65. The second kappa shape index (κ2) is 4.66. The molecule has 0 aromatic rings. The SMILES string of the molecule is CC[N](C(C)C)[Ge]([CH3])([CH3])[CH](C)C. The Morgan fingerprint density at radius 3 is 1.58 bits per heavy atom. The molecule has 0 aliphatic rings. The summed E-state index contributed by atoms with van der Waals surface area (Å²) in [6.07, 6.45) is 0. The summed E-state index contributed by atoms with van der Waals surface area (Å²) in [7, 11) is 0. The van der Waals surface area contributed by atoms with Gasteiger partial charge in [0.25, 0.3) is 0 Å². The van der Waals surface area contributed by atoms with Crippen LogP contribution in [0.5, 0.6) is 0 Å². The molecule has 0 amide bonds. The van der Waals surface area contributed by atoms with Crippen LogP contribution in [-0.4, -0.2) is 29.9 Å². The Balaban J connectivity index is 4.47. The zero-order valence-corrected chi connectivity index (χ0v) is 11.9. The number of nitrogens with zero attached hydrogens (tertiary/aromatic N) is 1. The summed E-state index contributed by atoms with van der Waals surface area (Å²) in [6, 6.07) is 0.729. The van der Waals surface area contributed by atoms with Crippen LogP contribution in [-0.2, 0) is 0 Å². The zero-order chi connectivity index (χ0) is 9.94. The van der Waals surface area contributed by atoms with Gasteiger partial charge in [0.05, 0.1) is 0 Å². The summed E-state index contributed by atoms with van der Waals surface area (Å²) in [5, 5.41) is 0. The molecule has 0 aliphatic carbocycles. The first-order valence-electron chi connectivity index (χ1n) is 5.10. The number of hydrogen-bond acceptors (Lipinski definition) is 1. The molecule has 0 radical (unpaired) electrons. The predicted molar refractivity (Wildman–Crippen MR) is 60.1 cm³/mol. The fourth-order valence-corrected chi connectivity index (χ4v) is 7.66. The van der Waals surface area contributed by atoms with Crippen molar-refractivity contribution in [2.24, 2.45) is 0 Å². The van der Waals surface area contributed by atoms with Crippen molar-refractivity contribution in [1.29, 1.82) is 0 Å². The molecule has 1 nitrogen and oxygen atoms in total. The van der Waals surface area contributed by atoms with E-state index in [2.05, 4.69) is 50.0 Å². The first-order valence-corrected chi connectivity index (χ1v) is 11.4. The Bertz CT molecular complexity index is 130. The van der Waals surface area contributed by atoms with Gasteiger partial charge in [-0.3, -0.25) is 0 Å². The van der Waals surface area contributed by atoms with Crippen molar-refractivity contribution in [2.45, 2.75) is 56.9 Å². The van der Waals surface area contributed by atoms with Crippen molar-refractivity contribution in [3.63, 3.8) is 0 Å². The fourth-order valence-electron chi connectivity index (χ4n) is 1.77. The van der Waals surface area contributed by atoms with Gasteiger partial charge in [-0.2, -0.15) is 0 Å². The standard InChI is InChI=1S/C10H25GeN/c1-8-12(10(4)5)11(6,7)9(2)3/h9-10H,8H2,1-7H3. The van der Waals surface area contributed by atoms with Crippen LogP contribution in [0.3, 0.4) is 0 Å². The van der Waals surface area contributed by atoms with Gasteiger partial charge >= 0.3 is 80.8 Å². The molecular weight excluding hydrogens is 207 g/mol. The van der Waals surface area contributed by atoms with E-state index in [1.54, 1.807) is 0 Å². The van der Waals surface area contributed by atoms with E-state index in [1.807, 2.05) is 0 Å². The first-order chi connectivity index (χ1) is 5.34. The van der Waals surface area contributed by atoms with Crippen molar-refractivity contribution in [3.8, 4) is 0 Å². The zero-order valence-electron chi connectivity index (χ0n) is 9.81. The number of hydrogen-bond donors (Lipinski definition) is 0. The van der Waals surface area contributed by atoms with Crippen molar-refractivity contribution in [3.05, 3.63) is 0 Å². The Morgan fingerprint density at radius 2 is 1.50 bits per heavy atom. The number of rotatable bonds is 4. The molecule has 0 N–H and O–H groups in total. The average molecular weight is 232 g/mol. The molecular formula is C10H25GeN. The second-order valence-corrected chi connectivity index (χ2v) is 15.3. The summed E-state index contributed by atoms with van der Waals surface area (Å²) < 4.78 is 3.64. The van der Waals surface area contributed by atoms with Gasteiger partial charge in [-0.05, 0) is 0 Å². The van der Waals surface area contributed by atoms with Gasteiger partial charge in [-0.25, -0.2) is 0 Å². The molecule has 0 fully saturated rings. The van der Waals surface area contributed by atoms with E-state index >= 15 is 0 Å². The Kier molecular flexibility index (Phi) is 4.85. The molecule has 0 unspecified atom stereocenters. The molecule has 0 bridgehead atoms. The molecule has 2 heteroatoms. The van der Waals surface area contributed by atoms with E-state index in [4.69, 9.17) is 0 Å². The van der Waals surface area contributed by atoms with Gasteiger partial charge in [-0.1, -0.05) is 0 Å². The summed E-state index contributed by atoms with van der Waals surface area (Å²) in [5.41, 5.74) is 0. The summed E-state index contributed by atoms with van der Waals surface area (Å²) in [4.78, 5) is 0. The maximum atomic E-state index is 2.74. The Labute approximate surface area is 81.1 Å². The maximum absolute atomic E-state index is 2.74. The van der Waals surface area contributed by atoms with E-state index in [1.165, 1.54) is 6.54 Å². The van der Waals surface area contributed by atoms with Gasteiger partial charge < -0.3 is 0 Å². The van der Waals surface area contributed by atoms with Gasteiger partial charge in [0.1, 0.15) is 0 Å². The van der Waals surface area contributed by atoms with Crippen molar-refractivity contribution < 1.29 is 0 Å². The molecule has 74 valence electrons. The quantitative estimate of drug-likeness (QED) is 0.671. The molecule has 0 spiro atoms. The predicted octanol–water partition coefficient (Wildman–Crippen LogP) is 3.33. The van der Waals surface area contributed by atoms with Crippen LogP contribution < -0.4 is 0 Å². The van der Waals surface area contributed by atoms with E-state index in [-0.39, 0.29) is 0 Å². The summed E-state index contributed by atoms with van der Waals surface area (Å²) >= 11 is -1.65. The third kappa shape index (κ3) is 2.77. The van der Waals surface area contributed by atoms with Gasteiger partial charge in [0, 0.05) is 0 Å². The van der Waals surface area contributed by atoms with Gasteiger partial charge in [0.2, 0.25) is 0 Å². The van der Waals surface area contributed by atoms with E-state index in [9.17, 15) is 0 Å². The molecule has 12 heavy (non-hydrogen) atoms. The van der Waals surface area contributed by atoms with Gasteiger partial charge in [-0.15, -0.1) is 0 Å². The molecule has 0 atom stereocenters. The molecule has 0 aromatic heterocycles. The molecule has 0 heterocycles. The van der Waals surface area contributed by atoms with Crippen LogP contribution in [0.15, 0.2) is 0 Å².